The average molecular weight is 194 g/mol. The summed E-state index contributed by atoms with van der Waals surface area (Å²) in [6.45, 7) is 0. The maximum atomic E-state index is 11.7. The van der Waals surface area contributed by atoms with Crippen LogP contribution in [-0.2, 0) is 6.42 Å². The lowest BCUT2D eigenvalue weighted by Gasteiger charge is -2.20. The van der Waals surface area contributed by atoms with Crippen molar-refractivity contribution in [2.45, 2.75) is 18.9 Å². The van der Waals surface area contributed by atoms with Crippen LogP contribution < -0.4 is 11.2 Å². The summed E-state index contributed by atoms with van der Waals surface area (Å²) < 4.78 is 0. The molecular formula is C9H11N2OP. The molecule has 0 amide bonds. The molecule has 13 heavy (non-hydrogen) atoms. The second-order valence-corrected chi connectivity index (χ2v) is 3.79. The quantitative estimate of drug-likeness (QED) is 0.593. The fraction of sp³-hybridized carbons (Fsp3) is 0.333. The summed E-state index contributed by atoms with van der Waals surface area (Å²) >= 11 is 0. The SMILES string of the molecule is NC1CCc2ccnc(P)c2C1=O. The van der Waals surface area contributed by atoms with E-state index in [1.54, 1.807) is 6.20 Å². The topological polar surface area (TPSA) is 56.0 Å². The predicted molar refractivity (Wildman–Crippen MR) is 54.2 cm³/mol. The highest BCUT2D eigenvalue weighted by atomic mass is 31.0. The standard InChI is InChI=1S/C9H11N2OP/c10-6-2-1-5-3-4-11-9(13)7(5)8(6)12/h3-4,6H,1-2,10,13H2. The molecule has 0 aromatic carbocycles. The molecule has 2 rings (SSSR count). The maximum Gasteiger partial charge on any atom is 0.181 e. The minimum Gasteiger partial charge on any atom is -0.321 e. The summed E-state index contributed by atoms with van der Waals surface area (Å²) in [5.41, 5.74) is 8.19. The lowest BCUT2D eigenvalue weighted by molar-refractivity contribution is 0.0949. The summed E-state index contributed by atoms with van der Waals surface area (Å²) in [7, 11) is 2.48. The van der Waals surface area contributed by atoms with Gasteiger partial charge in [0.25, 0.3) is 0 Å². The Labute approximate surface area is 78.9 Å². The summed E-state index contributed by atoms with van der Waals surface area (Å²) in [5.74, 6) is 0.0272. The number of nitrogens with zero attached hydrogens (tertiary/aromatic N) is 1. The van der Waals surface area contributed by atoms with E-state index in [0.29, 0.717) is 5.56 Å². The smallest absolute Gasteiger partial charge is 0.181 e. The fourth-order valence-corrected chi connectivity index (χ4v) is 2.05. The van der Waals surface area contributed by atoms with Gasteiger partial charge in [-0.1, -0.05) is 9.24 Å². The van der Waals surface area contributed by atoms with E-state index in [1.165, 1.54) is 0 Å². The van der Waals surface area contributed by atoms with Crippen LogP contribution in [0.1, 0.15) is 22.3 Å². The number of rotatable bonds is 0. The fourth-order valence-electron chi connectivity index (χ4n) is 1.64. The predicted octanol–water partition coefficient (Wildman–Crippen LogP) is 0.0382. The number of aromatic nitrogens is 1. The first-order chi connectivity index (χ1) is 6.20. The molecule has 1 aliphatic carbocycles. The van der Waals surface area contributed by atoms with Gasteiger partial charge < -0.3 is 5.73 Å². The Morgan fingerprint density at radius 1 is 1.62 bits per heavy atom. The Kier molecular flexibility index (Phi) is 2.14. The monoisotopic (exact) mass is 194 g/mol. The van der Waals surface area contributed by atoms with Crippen LogP contribution in [0.4, 0.5) is 0 Å². The molecule has 1 aliphatic rings. The molecule has 0 spiro atoms. The number of ketones is 1. The number of aryl methyl sites for hydroxylation is 1. The summed E-state index contributed by atoms with van der Waals surface area (Å²) in [6, 6.07) is 1.56. The van der Waals surface area contributed by atoms with Crippen molar-refractivity contribution >= 4 is 20.5 Å². The van der Waals surface area contributed by atoms with Crippen molar-refractivity contribution in [1.29, 1.82) is 0 Å². The van der Waals surface area contributed by atoms with Gasteiger partial charge >= 0.3 is 0 Å². The van der Waals surface area contributed by atoms with E-state index < -0.39 is 0 Å². The Bertz CT molecular complexity index is 365. The van der Waals surface area contributed by atoms with E-state index in [9.17, 15) is 4.79 Å². The van der Waals surface area contributed by atoms with E-state index in [4.69, 9.17) is 5.73 Å². The molecule has 1 aromatic rings. The van der Waals surface area contributed by atoms with E-state index in [1.807, 2.05) is 6.07 Å². The minimum absolute atomic E-state index is 0.0272. The van der Waals surface area contributed by atoms with Crippen LogP contribution in [-0.4, -0.2) is 16.8 Å². The van der Waals surface area contributed by atoms with Crippen molar-refractivity contribution in [3.63, 3.8) is 0 Å². The molecule has 2 unspecified atom stereocenters. The lowest BCUT2D eigenvalue weighted by atomic mass is 9.89. The third-order valence-electron chi connectivity index (χ3n) is 2.37. The Balaban J connectivity index is 2.57. The first-order valence-corrected chi connectivity index (χ1v) is 4.81. The second-order valence-electron chi connectivity index (χ2n) is 3.24. The molecule has 0 fully saturated rings. The average Bonchev–Trinajstić information content (AvgIpc) is 2.12. The van der Waals surface area contributed by atoms with Crippen LogP contribution in [0.25, 0.3) is 0 Å². The van der Waals surface area contributed by atoms with Crippen LogP contribution in [0, 0.1) is 0 Å². The highest BCUT2D eigenvalue weighted by Crippen LogP contribution is 2.18. The number of Topliss-reactive ketones (excluding diaryl/α,β-unsaturated/α-hetero) is 1. The molecule has 0 saturated carbocycles. The Morgan fingerprint density at radius 3 is 3.15 bits per heavy atom. The lowest BCUT2D eigenvalue weighted by Crippen LogP contribution is -2.38. The molecule has 3 nitrogen and oxygen atoms in total. The summed E-state index contributed by atoms with van der Waals surface area (Å²) in [5, 5.41) is 0. The maximum absolute atomic E-state index is 11.7. The zero-order valence-electron chi connectivity index (χ0n) is 7.16. The number of hydrogen-bond acceptors (Lipinski definition) is 3. The first kappa shape index (κ1) is 8.79. The van der Waals surface area contributed by atoms with Crippen molar-refractivity contribution in [1.82, 2.24) is 4.98 Å². The van der Waals surface area contributed by atoms with Gasteiger partial charge in [-0.3, -0.25) is 9.78 Å². The summed E-state index contributed by atoms with van der Waals surface area (Å²) in [6.07, 6.45) is 3.36. The van der Waals surface area contributed by atoms with Crippen molar-refractivity contribution in [3.8, 4) is 0 Å². The van der Waals surface area contributed by atoms with Crippen LogP contribution in [0.15, 0.2) is 12.3 Å². The van der Waals surface area contributed by atoms with Crippen LogP contribution in [0.5, 0.6) is 0 Å². The molecule has 4 heteroatoms. The molecule has 2 atom stereocenters. The zero-order valence-corrected chi connectivity index (χ0v) is 8.31. The number of fused-ring (bicyclic) bond motifs is 1. The molecule has 1 heterocycles. The first-order valence-electron chi connectivity index (χ1n) is 4.23. The van der Waals surface area contributed by atoms with Crippen LogP contribution >= 0.6 is 9.24 Å². The van der Waals surface area contributed by atoms with Gasteiger partial charge in [-0.25, -0.2) is 0 Å². The Hall–Kier alpha value is -0.790. The highest BCUT2D eigenvalue weighted by Gasteiger charge is 2.25. The van der Waals surface area contributed by atoms with E-state index in [2.05, 4.69) is 14.2 Å². The molecule has 0 aliphatic heterocycles. The van der Waals surface area contributed by atoms with Gasteiger partial charge in [-0.2, -0.15) is 0 Å². The summed E-state index contributed by atoms with van der Waals surface area (Å²) in [4.78, 5) is 15.7. The van der Waals surface area contributed by atoms with E-state index in [0.717, 1.165) is 23.8 Å². The van der Waals surface area contributed by atoms with Crippen molar-refractivity contribution in [2.24, 2.45) is 5.73 Å². The van der Waals surface area contributed by atoms with Gasteiger partial charge in [0.15, 0.2) is 5.78 Å². The van der Waals surface area contributed by atoms with Crippen LogP contribution in [0.2, 0.25) is 0 Å². The molecule has 0 bridgehead atoms. The zero-order chi connectivity index (χ0) is 9.42. The van der Waals surface area contributed by atoms with Gasteiger partial charge in [0, 0.05) is 11.8 Å². The van der Waals surface area contributed by atoms with Gasteiger partial charge in [0.2, 0.25) is 0 Å². The van der Waals surface area contributed by atoms with Crippen LogP contribution in [0.3, 0.4) is 0 Å². The molecule has 2 N–H and O–H groups in total. The number of pyridine rings is 1. The van der Waals surface area contributed by atoms with Gasteiger partial charge in [0.1, 0.15) is 0 Å². The van der Waals surface area contributed by atoms with E-state index in [-0.39, 0.29) is 11.8 Å². The number of carbonyl (C=O) groups excluding carboxylic acids is 1. The number of carbonyl (C=O) groups is 1. The number of nitrogens with two attached hydrogens (primary N) is 1. The normalized spacial score (nSPS) is 21.4. The van der Waals surface area contributed by atoms with Gasteiger partial charge in [0.05, 0.1) is 11.5 Å². The molecule has 0 radical (unpaired) electrons. The molecular weight excluding hydrogens is 183 g/mol. The van der Waals surface area contributed by atoms with Gasteiger partial charge in [-0.05, 0) is 24.5 Å². The third-order valence-corrected chi connectivity index (χ3v) is 2.81. The minimum atomic E-state index is -0.337. The van der Waals surface area contributed by atoms with Crippen molar-refractivity contribution < 1.29 is 4.79 Å². The largest absolute Gasteiger partial charge is 0.321 e. The Morgan fingerprint density at radius 2 is 2.38 bits per heavy atom. The van der Waals surface area contributed by atoms with E-state index >= 15 is 0 Å². The van der Waals surface area contributed by atoms with Gasteiger partial charge in [-0.15, -0.1) is 0 Å². The number of hydrogen-bond donors (Lipinski definition) is 1. The highest BCUT2D eigenvalue weighted by molar-refractivity contribution is 7.27. The molecule has 0 saturated heterocycles. The third kappa shape index (κ3) is 1.38. The molecule has 1 aromatic heterocycles. The van der Waals surface area contributed by atoms with Crippen molar-refractivity contribution in [3.05, 3.63) is 23.4 Å². The second kappa shape index (κ2) is 3.17. The van der Waals surface area contributed by atoms with Crippen molar-refractivity contribution in [2.75, 3.05) is 0 Å². The molecule has 68 valence electrons.